The largest absolute Gasteiger partial charge is 0.331 e. The van der Waals surface area contributed by atoms with E-state index in [0.29, 0.717) is 14.9 Å². The summed E-state index contributed by atoms with van der Waals surface area (Å²) in [5.74, 6) is -0.344. The summed E-state index contributed by atoms with van der Waals surface area (Å²) in [6, 6.07) is 13.0. The maximum atomic E-state index is 12.4. The first-order valence-electron chi connectivity index (χ1n) is 7.26. The molecule has 0 aliphatic rings. The second-order valence-corrected chi connectivity index (χ2v) is 7.51. The van der Waals surface area contributed by atoms with Crippen LogP contribution in [0.1, 0.15) is 15.2 Å². The first kappa shape index (κ1) is 17.9. The monoisotopic (exact) mass is 409 g/mol. The molecule has 0 saturated carbocycles. The Morgan fingerprint density at radius 3 is 2.60 bits per heavy atom. The van der Waals surface area contributed by atoms with E-state index < -0.39 is 0 Å². The molecule has 0 fully saturated rings. The molecular formula is C17H13Cl2N3OS2. The van der Waals surface area contributed by atoms with Gasteiger partial charge in [-0.1, -0.05) is 41.4 Å². The van der Waals surface area contributed by atoms with E-state index in [1.165, 1.54) is 11.3 Å². The van der Waals surface area contributed by atoms with Gasteiger partial charge in [-0.25, -0.2) is 0 Å². The van der Waals surface area contributed by atoms with E-state index >= 15 is 0 Å². The van der Waals surface area contributed by atoms with Crippen LogP contribution in [0.25, 0.3) is 10.1 Å². The number of hydrogen-bond acceptors (Lipinski definition) is 3. The van der Waals surface area contributed by atoms with Crippen molar-refractivity contribution in [2.24, 2.45) is 0 Å². The Hall–Kier alpha value is -1.86. The van der Waals surface area contributed by atoms with Crippen molar-refractivity contribution in [2.45, 2.75) is 6.92 Å². The highest BCUT2D eigenvalue weighted by molar-refractivity contribution is 7.80. The van der Waals surface area contributed by atoms with Crippen molar-refractivity contribution in [2.75, 3.05) is 5.32 Å². The van der Waals surface area contributed by atoms with E-state index in [1.54, 1.807) is 6.07 Å². The van der Waals surface area contributed by atoms with Crippen LogP contribution in [0.3, 0.4) is 0 Å². The van der Waals surface area contributed by atoms with Crippen LogP contribution in [0.2, 0.25) is 10.0 Å². The number of hydrogen-bond donors (Lipinski definition) is 3. The number of benzene rings is 2. The second-order valence-electron chi connectivity index (χ2n) is 5.23. The predicted molar refractivity (Wildman–Crippen MR) is 110 cm³/mol. The summed E-state index contributed by atoms with van der Waals surface area (Å²) in [5.41, 5.74) is 6.98. The van der Waals surface area contributed by atoms with Gasteiger partial charge in [-0.15, -0.1) is 11.3 Å². The Morgan fingerprint density at radius 1 is 1.12 bits per heavy atom. The van der Waals surface area contributed by atoms with Crippen LogP contribution in [0, 0.1) is 6.92 Å². The first-order valence-corrected chi connectivity index (χ1v) is 9.24. The van der Waals surface area contributed by atoms with Gasteiger partial charge in [0.25, 0.3) is 5.91 Å². The Labute approximate surface area is 164 Å². The number of halogens is 2. The standard InChI is InChI=1S/C17H13Cl2N3OS2/c1-9-8-10(18)6-7-12(9)20-17(24)22-21-16(23)15-14(19)11-4-2-3-5-13(11)25-15/h2-8H,1H3,(H,21,23)(H2,20,22,24). The van der Waals surface area contributed by atoms with Crippen molar-refractivity contribution in [3.63, 3.8) is 0 Å². The molecule has 0 spiro atoms. The van der Waals surface area contributed by atoms with E-state index in [1.807, 2.05) is 43.3 Å². The molecular weight excluding hydrogens is 397 g/mol. The van der Waals surface area contributed by atoms with Gasteiger partial charge in [0, 0.05) is 20.8 Å². The number of hydrazine groups is 1. The van der Waals surface area contributed by atoms with Crippen molar-refractivity contribution in [3.8, 4) is 0 Å². The SMILES string of the molecule is Cc1cc(Cl)ccc1NC(=S)NNC(=O)c1sc2ccccc2c1Cl. The Bertz CT molecular complexity index is 972. The predicted octanol–water partition coefficient (Wildman–Crippen LogP) is 5.15. The summed E-state index contributed by atoms with van der Waals surface area (Å²) in [6.07, 6.45) is 0. The quantitative estimate of drug-likeness (QED) is 0.404. The van der Waals surface area contributed by atoms with Crippen LogP contribution < -0.4 is 16.2 Å². The van der Waals surface area contributed by atoms with E-state index in [-0.39, 0.29) is 11.0 Å². The average molecular weight is 410 g/mol. The zero-order chi connectivity index (χ0) is 18.0. The fourth-order valence-corrected chi connectivity index (χ4v) is 4.05. The minimum atomic E-state index is -0.344. The number of aryl methyl sites for hydroxylation is 1. The lowest BCUT2D eigenvalue weighted by Gasteiger charge is -2.13. The molecule has 25 heavy (non-hydrogen) atoms. The third-order valence-corrected chi connectivity index (χ3v) is 5.58. The van der Waals surface area contributed by atoms with Crippen LogP contribution in [-0.4, -0.2) is 11.0 Å². The van der Waals surface area contributed by atoms with Crippen LogP contribution in [0.15, 0.2) is 42.5 Å². The highest BCUT2D eigenvalue weighted by Crippen LogP contribution is 2.34. The summed E-state index contributed by atoms with van der Waals surface area (Å²) in [4.78, 5) is 12.8. The topological polar surface area (TPSA) is 53.2 Å². The molecule has 0 radical (unpaired) electrons. The van der Waals surface area contributed by atoms with Gasteiger partial charge >= 0.3 is 0 Å². The zero-order valence-corrected chi connectivity index (χ0v) is 16.2. The van der Waals surface area contributed by atoms with E-state index in [0.717, 1.165) is 21.3 Å². The van der Waals surface area contributed by atoms with Crippen LogP contribution in [0.4, 0.5) is 5.69 Å². The maximum absolute atomic E-state index is 12.4. The van der Waals surface area contributed by atoms with Gasteiger partial charge in [0.1, 0.15) is 4.88 Å². The lowest BCUT2D eigenvalue weighted by molar-refractivity contribution is 0.0948. The molecule has 0 aliphatic heterocycles. The Kier molecular flexibility index (Phi) is 5.44. The Balaban J connectivity index is 1.65. The van der Waals surface area contributed by atoms with Crippen LogP contribution in [0.5, 0.6) is 0 Å². The highest BCUT2D eigenvalue weighted by atomic mass is 35.5. The number of anilines is 1. The third kappa shape index (κ3) is 4.04. The van der Waals surface area contributed by atoms with Gasteiger partial charge in [-0.3, -0.25) is 15.6 Å². The summed E-state index contributed by atoms with van der Waals surface area (Å²) in [5, 5.41) is 5.21. The van der Waals surface area contributed by atoms with Gasteiger partial charge in [-0.05, 0) is 49.0 Å². The van der Waals surface area contributed by atoms with Crippen molar-refractivity contribution in [1.29, 1.82) is 0 Å². The lowest BCUT2D eigenvalue weighted by atomic mass is 10.2. The molecule has 2 aromatic carbocycles. The molecule has 0 saturated heterocycles. The molecule has 8 heteroatoms. The lowest BCUT2D eigenvalue weighted by Crippen LogP contribution is -2.43. The van der Waals surface area contributed by atoms with Gasteiger partial charge in [0.05, 0.1) is 5.02 Å². The smallest absolute Gasteiger partial charge is 0.281 e. The molecule has 1 heterocycles. The molecule has 3 N–H and O–H groups in total. The van der Waals surface area contributed by atoms with Gasteiger partial charge in [-0.2, -0.15) is 0 Å². The molecule has 0 bridgehead atoms. The summed E-state index contributed by atoms with van der Waals surface area (Å²) in [7, 11) is 0. The number of thiophene rings is 1. The molecule has 3 rings (SSSR count). The van der Waals surface area contributed by atoms with E-state index in [4.69, 9.17) is 35.4 Å². The number of thiocarbonyl (C=S) groups is 1. The summed E-state index contributed by atoms with van der Waals surface area (Å²) >= 11 is 18.7. The van der Waals surface area contributed by atoms with E-state index in [2.05, 4.69) is 16.2 Å². The highest BCUT2D eigenvalue weighted by Gasteiger charge is 2.16. The van der Waals surface area contributed by atoms with E-state index in [9.17, 15) is 4.79 Å². The van der Waals surface area contributed by atoms with Gasteiger partial charge < -0.3 is 5.32 Å². The van der Waals surface area contributed by atoms with Crippen molar-refractivity contribution >= 4 is 73.5 Å². The van der Waals surface area contributed by atoms with Crippen molar-refractivity contribution < 1.29 is 4.79 Å². The summed E-state index contributed by atoms with van der Waals surface area (Å²) in [6.45, 7) is 1.91. The minimum Gasteiger partial charge on any atom is -0.331 e. The molecule has 3 aromatic rings. The number of carbonyl (C=O) groups is 1. The minimum absolute atomic E-state index is 0.260. The molecule has 1 amide bonds. The van der Waals surface area contributed by atoms with Crippen molar-refractivity contribution in [3.05, 3.63) is 63.0 Å². The first-order chi connectivity index (χ1) is 12.0. The van der Waals surface area contributed by atoms with Crippen LogP contribution in [-0.2, 0) is 0 Å². The number of rotatable bonds is 2. The van der Waals surface area contributed by atoms with Gasteiger partial charge in [0.2, 0.25) is 0 Å². The molecule has 0 aliphatic carbocycles. The Morgan fingerprint density at radius 2 is 1.88 bits per heavy atom. The molecule has 128 valence electrons. The summed E-state index contributed by atoms with van der Waals surface area (Å²) < 4.78 is 0.954. The molecule has 0 unspecified atom stereocenters. The average Bonchev–Trinajstić information content (AvgIpc) is 2.93. The fraction of sp³-hybridized carbons (Fsp3) is 0.0588. The third-order valence-electron chi connectivity index (χ3n) is 3.47. The number of amides is 1. The second kappa shape index (κ2) is 7.58. The normalized spacial score (nSPS) is 10.5. The van der Waals surface area contributed by atoms with Gasteiger partial charge in [0.15, 0.2) is 5.11 Å². The van der Waals surface area contributed by atoms with Crippen LogP contribution >= 0.6 is 46.8 Å². The zero-order valence-electron chi connectivity index (χ0n) is 13.0. The number of nitrogens with one attached hydrogen (secondary N) is 3. The molecule has 0 atom stereocenters. The number of fused-ring (bicyclic) bond motifs is 1. The molecule has 4 nitrogen and oxygen atoms in total. The fourth-order valence-electron chi connectivity index (χ4n) is 2.25. The number of carbonyl (C=O) groups excluding carboxylic acids is 1. The maximum Gasteiger partial charge on any atom is 0.281 e. The molecule has 1 aromatic heterocycles. The van der Waals surface area contributed by atoms with Crippen molar-refractivity contribution in [1.82, 2.24) is 10.9 Å².